The second kappa shape index (κ2) is 9.79. The van der Waals surface area contributed by atoms with Crippen LogP contribution in [0.2, 0.25) is 0 Å². The van der Waals surface area contributed by atoms with Crippen LogP contribution in [0.15, 0.2) is 78.9 Å². The standard InChI is InChI=1S/C23H20N2O3/c24-14-18-10-12-21(13-11-18)27-17-23(26)25-15-20-8-4-5-9-22(20)28-16-19-6-2-1-3-7-19/h1-13H,15-17H2,(H,25,26). The first kappa shape index (κ1) is 19.0. The van der Waals surface area contributed by atoms with Gasteiger partial charge in [-0.25, -0.2) is 0 Å². The van der Waals surface area contributed by atoms with Crippen LogP contribution in [0.3, 0.4) is 0 Å². The average Bonchev–Trinajstić information content (AvgIpc) is 2.76. The van der Waals surface area contributed by atoms with Crippen LogP contribution in [0, 0.1) is 11.3 Å². The van der Waals surface area contributed by atoms with Gasteiger partial charge >= 0.3 is 0 Å². The Hall–Kier alpha value is -3.78. The van der Waals surface area contributed by atoms with Crippen LogP contribution in [0.4, 0.5) is 0 Å². The Morgan fingerprint density at radius 1 is 0.893 bits per heavy atom. The fourth-order valence-corrected chi connectivity index (χ4v) is 2.55. The van der Waals surface area contributed by atoms with Crippen molar-refractivity contribution in [3.63, 3.8) is 0 Å². The Morgan fingerprint density at radius 3 is 2.36 bits per heavy atom. The maximum atomic E-state index is 12.1. The Labute approximate surface area is 164 Å². The third-order valence-electron chi connectivity index (χ3n) is 4.04. The SMILES string of the molecule is N#Cc1ccc(OCC(=O)NCc2ccccc2OCc2ccccc2)cc1. The highest BCUT2D eigenvalue weighted by atomic mass is 16.5. The molecule has 1 amide bonds. The highest BCUT2D eigenvalue weighted by molar-refractivity contribution is 5.77. The smallest absolute Gasteiger partial charge is 0.258 e. The summed E-state index contributed by atoms with van der Waals surface area (Å²) < 4.78 is 11.3. The van der Waals surface area contributed by atoms with Gasteiger partial charge in [0.05, 0.1) is 11.6 Å². The third-order valence-corrected chi connectivity index (χ3v) is 4.04. The molecule has 0 bridgehead atoms. The molecular formula is C23H20N2O3. The lowest BCUT2D eigenvalue weighted by Gasteiger charge is -2.13. The van der Waals surface area contributed by atoms with Crippen molar-refractivity contribution < 1.29 is 14.3 Å². The Bertz CT molecular complexity index is 948. The minimum atomic E-state index is -0.234. The number of ether oxygens (including phenoxy) is 2. The molecule has 1 N–H and O–H groups in total. The predicted octanol–water partition coefficient (Wildman–Crippen LogP) is 3.83. The zero-order valence-corrected chi connectivity index (χ0v) is 15.3. The number of hydrogen-bond acceptors (Lipinski definition) is 4. The fourth-order valence-electron chi connectivity index (χ4n) is 2.55. The van der Waals surface area contributed by atoms with Gasteiger partial charge in [-0.05, 0) is 35.9 Å². The van der Waals surface area contributed by atoms with E-state index >= 15 is 0 Å². The van der Waals surface area contributed by atoms with Crippen LogP contribution in [0.5, 0.6) is 11.5 Å². The number of nitrogens with one attached hydrogen (secondary N) is 1. The van der Waals surface area contributed by atoms with Gasteiger partial charge in [0, 0.05) is 12.1 Å². The molecule has 5 nitrogen and oxygen atoms in total. The zero-order valence-electron chi connectivity index (χ0n) is 15.3. The molecule has 0 aliphatic heterocycles. The summed E-state index contributed by atoms with van der Waals surface area (Å²) in [6, 6.07) is 26.2. The van der Waals surface area contributed by atoms with Gasteiger partial charge in [-0.15, -0.1) is 0 Å². The molecule has 5 heteroatoms. The van der Waals surface area contributed by atoms with E-state index in [1.807, 2.05) is 60.7 Å². The van der Waals surface area contributed by atoms with Crippen LogP contribution < -0.4 is 14.8 Å². The number of benzene rings is 3. The molecule has 0 aliphatic carbocycles. The molecule has 0 aliphatic rings. The molecule has 0 unspecified atom stereocenters. The molecule has 0 spiro atoms. The summed E-state index contributed by atoms with van der Waals surface area (Å²) >= 11 is 0. The lowest BCUT2D eigenvalue weighted by molar-refractivity contribution is -0.123. The third kappa shape index (κ3) is 5.61. The van der Waals surface area contributed by atoms with Gasteiger partial charge in [-0.1, -0.05) is 48.5 Å². The summed E-state index contributed by atoms with van der Waals surface area (Å²) in [7, 11) is 0. The van der Waals surface area contributed by atoms with Crippen LogP contribution >= 0.6 is 0 Å². The van der Waals surface area contributed by atoms with E-state index in [0.29, 0.717) is 24.5 Å². The van der Waals surface area contributed by atoms with Crippen molar-refractivity contribution in [1.82, 2.24) is 5.32 Å². The van der Waals surface area contributed by atoms with Crippen molar-refractivity contribution in [2.45, 2.75) is 13.2 Å². The average molecular weight is 372 g/mol. The minimum Gasteiger partial charge on any atom is -0.489 e. The lowest BCUT2D eigenvalue weighted by Crippen LogP contribution is -2.28. The highest BCUT2D eigenvalue weighted by Gasteiger charge is 2.07. The number of nitrogens with zero attached hydrogens (tertiary/aromatic N) is 1. The van der Waals surface area contributed by atoms with Gasteiger partial charge in [0.15, 0.2) is 6.61 Å². The van der Waals surface area contributed by atoms with Crippen LogP contribution in [0.25, 0.3) is 0 Å². The summed E-state index contributed by atoms with van der Waals surface area (Å²) in [6.45, 7) is 0.715. The largest absolute Gasteiger partial charge is 0.489 e. The fraction of sp³-hybridized carbons (Fsp3) is 0.130. The molecule has 0 saturated heterocycles. The van der Waals surface area contributed by atoms with E-state index in [2.05, 4.69) is 5.32 Å². The summed E-state index contributed by atoms with van der Waals surface area (Å²) in [5.74, 6) is 1.04. The first-order chi connectivity index (χ1) is 13.7. The van der Waals surface area contributed by atoms with Gasteiger partial charge < -0.3 is 14.8 Å². The van der Waals surface area contributed by atoms with E-state index in [0.717, 1.165) is 16.9 Å². The number of amides is 1. The van der Waals surface area contributed by atoms with Gasteiger partial charge in [-0.2, -0.15) is 5.26 Å². The number of para-hydroxylation sites is 1. The van der Waals surface area contributed by atoms with E-state index in [4.69, 9.17) is 14.7 Å². The van der Waals surface area contributed by atoms with Crippen molar-refractivity contribution >= 4 is 5.91 Å². The van der Waals surface area contributed by atoms with E-state index < -0.39 is 0 Å². The lowest BCUT2D eigenvalue weighted by atomic mass is 10.2. The highest BCUT2D eigenvalue weighted by Crippen LogP contribution is 2.19. The van der Waals surface area contributed by atoms with Crippen molar-refractivity contribution in [3.8, 4) is 17.6 Å². The number of hydrogen-bond donors (Lipinski definition) is 1. The number of carbonyl (C=O) groups is 1. The molecule has 0 atom stereocenters. The van der Waals surface area contributed by atoms with Crippen LogP contribution in [-0.4, -0.2) is 12.5 Å². The molecule has 3 aromatic rings. The predicted molar refractivity (Wildman–Crippen MR) is 106 cm³/mol. The summed E-state index contributed by atoms with van der Waals surface area (Å²) in [5.41, 5.74) is 2.52. The van der Waals surface area contributed by atoms with Gasteiger partial charge in [0.25, 0.3) is 5.91 Å². The molecule has 0 aromatic heterocycles. The first-order valence-electron chi connectivity index (χ1n) is 8.89. The molecule has 0 radical (unpaired) electrons. The summed E-state index contributed by atoms with van der Waals surface area (Å²) in [4.78, 5) is 12.1. The molecule has 3 rings (SSSR count). The van der Waals surface area contributed by atoms with Crippen molar-refractivity contribution in [2.75, 3.05) is 6.61 Å². The normalized spacial score (nSPS) is 9.96. The molecule has 0 heterocycles. The Kier molecular flexibility index (Phi) is 6.64. The van der Waals surface area contributed by atoms with Crippen molar-refractivity contribution in [1.29, 1.82) is 5.26 Å². The van der Waals surface area contributed by atoms with E-state index in [1.54, 1.807) is 24.3 Å². The van der Waals surface area contributed by atoms with E-state index in [9.17, 15) is 4.79 Å². The van der Waals surface area contributed by atoms with Crippen LogP contribution in [0.1, 0.15) is 16.7 Å². The second-order valence-electron chi connectivity index (χ2n) is 6.08. The number of rotatable bonds is 8. The van der Waals surface area contributed by atoms with Gasteiger partial charge in [0.2, 0.25) is 0 Å². The minimum absolute atomic E-state index is 0.0983. The van der Waals surface area contributed by atoms with E-state index in [-0.39, 0.29) is 12.5 Å². The molecule has 0 fully saturated rings. The maximum Gasteiger partial charge on any atom is 0.258 e. The van der Waals surface area contributed by atoms with Crippen molar-refractivity contribution in [3.05, 3.63) is 95.6 Å². The summed E-state index contributed by atoms with van der Waals surface area (Å²) in [6.07, 6.45) is 0. The second-order valence-corrected chi connectivity index (χ2v) is 6.08. The quantitative estimate of drug-likeness (QED) is 0.652. The van der Waals surface area contributed by atoms with E-state index in [1.165, 1.54) is 0 Å². The monoisotopic (exact) mass is 372 g/mol. The van der Waals surface area contributed by atoms with Crippen molar-refractivity contribution in [2.24, 2.45) is 0 Å². The zero-order chi connectivity index (χ0) is 19.6. The topological polar surface area (TPSA) is 71.3 Å². The molecular weight excluding hydrogens is 352 g/mol. The maximum absolute atomic E-state index is 12.1. The Balaban J connectivity index is 1.49. The number of nitriles is 1. The molecule has 140 valence electrons. The van der Waals surface area contributed by atoms with Gasteiger partial charge in [0.1, 0.15) is 18.1 Å². The Morgan fingerprint density at radius 2 is 1.61 bits per heavy atom. The molecule has 3 aromatic carbocycles. The molecule has 28 heavy (non-hydrogen) atoms. The van der Waals surface area contributed by atoms with Crippen LogP contribution in [-0.2, 0) is 17.9 Å². The number of carbonyl (C=O) groups excluding carboxylic acids is 1. The first-order valence-corrected chi connectivity index (χ1v) is 8.89. The van der Waals surface area contributed by atoms with Gasteiger partial charge in [-0.3, -0.25) is 4.79 Å². The molecule has 0 saturated carbocycles. The summed E-state index contributed by atoms with van der Waals surface area (Å²) in [5, 5.41) is 11.6.